The number of rotatable bonds is 56. The maximum absolute atomic E-state index is 12.9. The van der Waals surface area contributed by atoms with E-state index in [1.807, 2.05) is 0 Å². The molecule has 0 heterocycles. The van der Waals surface area contributed by atoms with Gasteiger partial charge in [0, 0.05) is 19.3 Å². The van der Waals surface area contributed by atoms with Gasteiger partial charge in [0.05, 0.1) is 0 Å². The first-order valence-electron chi connectivity index (χ1n) is 30.5. The van der Waals surface area contributed by atoms with Crippen molar-refractivity contribution in [2.75, 3.05) is 13.2 Å². The Balaban J connectivity index is 4.35. The molecular weight excluding hydrogens is 853 g/mol. The van der Waals surface area contributed by atoms with Crippen LogP contribution in [0.4, 0.5) is 0 Å². The van der Waals surface area contributed by atoms with E-state index in [0.717, 1.165) is 70.6 Å². The van der Waals surface area contributed by atoms with Crippen LogP contribution in [0.5, 0.6) is 0 Å². The number of allylic oxidation sites excluding steroid dienone is 6. The molecule has 0 N–H and O–H groups in total. The maximum atomic E-state index is 12.9. The third-order valence-corrected chi connectivity index (χ3v) is 13.6. The molecule has 0 aliphatic rings. The topological polar surface area (TPSA) is 78.9 Å². The van der Waals surface area contributed by atoms with E-state index < -0.39 is 6.10 Å². The average molecular weight is 970 g/mol. The molecule has 0 fully saturated rings. The van der Waals surface area contributed by atoms with Gasteiger partial charge in [-0.25, -0.2) is 0 Å². The second kappa shape index (κ2) is 58.2. The molecule has 1 atom stereocenters. The van der Waals surface area contributed by atoms with Crippen LogP contribution in [0.3, 0.4) is 0 Å². The lowest BCUT2D eigenvalue weighted by Gasteiger charge is -2.18. The van der Waals surface area contributed by atoms with Gasteiger partial charge in [0.1, 0.15) is 13.2 Å². The number of ether oxygens (including phenoxy) is 3. The molecule has 6 heteroatoms. The number of carbonyl (C=O) groups excluding carboxylic acids is 3. The van der Waals surface area contributed by atoms with Gasteiger partial charge in [-0.3, -0.25) is 14.4 Å². The fraction of sp³-hybridized carbons (Fsp3) is 0.857. The molecule has 0 aliphatic heterocycles. The van der Waals surface area contributed by atoms with Gasteiger partial charge in [-0.15, -0.1) is 0 Å². The number of hydrogen-bond acceptors (Lipinski definition) is 6. The smallest absolute Gasteiger partial charge is 0.306 e. The van der Waals surface area contributed by atoms with E-state index in [-0.39, 0.29) is 31.1 Å². The lowest BCUT2D eigenvalue weighted by molar-refractivity contribution is -0.167. The molecule has 404 valence electrons. The van der Waals surface area contributed by atoms with Crippen LogP contribution in [0, 0.1) is 0 Å². The monoisotopic (exact) mass is 969 g/mol. The van der Waals surface area contributed by atoms with E-state index in [2.05, 4.69) is 57.2 Å². The molecule has 0 aromatic heterocycles. The third-order valence-electron chi connectivity index (χ3n) is 13.6. The van der Waals surface area contributed by atoms with Crippen LogP contribution in [-0.4, -0.2) is 37.2 Å². The second-order valence-electron chi connectivity index (χ2n) is 20.6. The van der Waals surface area contributed by atoms with Gasteiger partial charge in [0.2, 0.25) is 0 Å². The molecule has 0 aromatic rings. The predicted octanol–water partition coefficient (Wildman–Crippen LogP) is 20.4. The Morgan fingerprint density at radius 3 is 0.841 bits per heavy atom. The minimum atomic E-state index is -0.775. The summed E-state index contributed by atoms with van der Waals surface area (Å²) in [6.45, 7) is 6.65. The molecule has 0 bridgehead atoms. The second-order valence-corrected chi connectivity index (χ2v) is 20.6. The van der Waals surface area contributed by atoms with E-state index in [1.165, 1.54) is 218 Å². The standard InChI is InChI=1S/C63H116O6/c1-4-7-10-13-16-19-22-25-28-31-34-37-40-43-46-49-52-55-61(64)67-58-60(69-63(66)57-54-51-48-45-42-39-36-33-30-27-24-21-18-15-12-9-6-3)59-68-62(65)56-53-50-47-44-41-38-35-32-29-26-23-20-17-14-11-8-5-2/h16,19,25,27-28,30,60H,4-15,17-18,20-24,26,29,31-59H2,1-3H3/b19-16+,28-25+,30-27+/t60-/m0/s1. The minimum absolute atomic E-state index is 0.0724. The van der Waals surface area contributed by atoms with Crippen LogP contribution in [-0.2, 0) is 28.6 Å². The molecule has 0 saturated carbocycles. The van der Waals surface area contributed by atoms with Gasteiger partial charge in [-0.2, -0.15) is 0 Å². The van der Waals surface area contributed by atoms with Crippen molar-refractivity contribution in [1.29, 1.82) is 0 Å². The minimum Gasteiger partial charge on any atom is -0.462 e. The number of unbranched alkanes of at least 4 members (excludes halogenated alkanes) is 39. The van der Waals surface area contributed by atoms with Gasteiger partial charge in [0.15, 0.2) is 6.10 Å². The first-order valence-corrected chi connectivity index (χ1v) is 30.5. The fourth-order valence-corrected chi connectivity index (χ4v) is 9.00. The highest BCUT2D eigenvalue weighted by Crippen LogP contribution is 2.17. The zero-order valence-corrected chi connectivity index (χ0v) is 46.3. The Labute approximate surface area is 429 Å². The summed E-state index contributed by atoms with van der Waals surface area (Å²) in [5.41, 5.74) is 0. The van der Waals surface area contributed by atoms with Crippen LogP contribution in [0.15, 0.2) is 36.5 Å². The summed E-state index contributed by atoms with van der Waals surface area (Å²) in [5.74, 6) is -0.864. The van der Waals surface area contributed by atoms with Crippen LogP contribution in [0.25, 0.3) is 0 Å². The van der Waals surface area contributed by atoms with Gasteiger partial charge in [-0.05, 0) is 77.0 Å². The van der Waals surface area contributed by atoms with E-state index in [0.29, 0.717) is 19.3 Å². The number of hydrogen-bond donors (Lipinski definition) is 0. The molecule has 6 nitrogen and oxygen atoms in total. The first kappa shape index (κ1) is 66.6. The van der Waals surface area contributed by atoms with Gasteiger partial charge >= 0.3 is 17.9 Å². The van der Waals surface area contributed by atoms with Gasteiger partial charge in [0.25, 0.3) is 0 Å². The Morgan fingerprint density at radius 1 is 0.290 bits per heavy atom. The average Bonchev–Trinajstić information content (AvgIpc) is 3.35. The maximum Gasteiger partial charge on any atom is 0.306 e. The Bertz CT molecular complexity index is 1160. The van der Waals surface area contributed by atoms with Crippen LogP contribution in [0.1, 0.15) is 329 Å². The summed E-state index contributed by atoms with van der Waals surface area (Å²) in [7, 11) is 0. The Kier molecular flexibility index (Phi) is 56.2. The Hall–Kier alpha value is -2.37. The summed E-state index contributed by atoms with van der Waals surface area (Å²) in [6, 6.07) is 0. The van der Waals surface area contributed by atoms with Crippen molar-refractivity contribution in [2.45, 2.75) is 335 Å². The summed E-state index contributed by atoms with van der Waals surface area (Å²) < 4.78 is 16.9. The lowest BCUT2D eigenvalue weighted by atomic mass is 10.0. The van der Waals surface area contributed by atoms with Crippen molar-refractivity contribution in [3.05, 3.63) is 36.5 Å². The molecule has 0 unspecified atom stereocenters. The third kappa shape index (κ3) is 56.4. The molecule has 0 rings (SSSR count). The fourth-order valence-electron chi connectivity index (χ4n) is 9.00. The molecular formula is C63H116O6. The zero-order valence-electron chi connectivity index (χ0n) is 46.3. The van der Waals surface area contributed by atoms with E-state index in [9.17, 15) is 14.4 Å². The highest BCUT2D eigenvalue weighted by Gasteiger charge is 2.19. The molecule has 0 aliphatic carbocycles. The lowest BCUT2D eigenvalue weighted by Crippen LogP contribution is -2.30. The summed E-state index contributed by atoms with van der Waals surface area (Å²) >= 11 is 0. The molecule has 0 amide bonds. The van der Waals surface area contributed by atoms with Crippen molar-refractivity contribution in [1.82, 2.24) is 0 Å². The first-order chi connectivity index (χ1) is 34.0. The largest absolute Gasteiger partial charge is 0.462 e. The van der Waals surface area contributed by atoms with Crippen LogP contribution < -0.4 is 0 Å². The summed E-state index contributed by atoms with van der Waals surface area (Å²) in [5, 5.41) is 0. The van der Waals surface area contributed by atoms with Crippen molar-refractivity contribution in [3.8, 4) is 0 Å². The molecule has 0 radical (unpaired) electrons. The summed E-state index contributed by atoms with van der Waals surface area (Å²) in [4.78, 5) is 38.2. The Morgan fingerprint density at radius 2 is 0.522 bits per heavy atom. The SMILES string of the molecule is CCCCC/C=C/C/C=C/CCCCCCCCCC(=O)OC[C@@H](COC(=O)CCCCCCCCCCCCCCCCCCC)OC(=O)CCCCCCCCC/C=C/CCCCCCCC. The highest BCUT2D eigenvalue weighted by molar-refractivity contribution is 5.71. The van der Waals surface area contributed by atoms with Gasteiger partial charge < -0.3 is 14.2 Å². The molecule has 69 heavy (non-hydrogen) atoms. The predicted molar refractivity (Wildman–Crippen MR) is 298 cm³/mol. The van der Waals surface area contributed by atoms with E-state index in [4.69, 9.17) is 14.2 Å². The van der Waals surface area contributed by atoms with Crippen molar-refractivity contribution >= 4 is 17.9 Å². The molecule has 0 spiro atoms. The quantitative estimate of drug-likeness (QED) is 0.0261. The highest BCUT2D eigenvalue weighted by atomic mass is 16.6. The number of carbonyl (C=O) groups is 3. The van der Waals surface area contributed by atoms with E-state index >= 15 is 0 Å². The van der Waals surface area contributed by atoms with Crippen LogP contribution >= 0.6 is 0 Å². The van der Waals surface area contributed by atoms with Gasteiger partial charge in [-0.1, -0.05) is 269 Å². The van der Waals surface area contributed by atoms with Crippen molar-refractivity contribution < 1.29 is 28.6 Å². The normalized spacial score (nSPS) is 12.2. The zero-order chi connectivity index (χ0) is 50.0. The molecule has 0 saturated heterocycles. The number of esters is 3. The van der Waals surface area contributed by atoms with Crippen molar-refractivity contribution in [3.63, 3.8) is 0 Å². The summed E-state index contributed by atoms with van der Waals surface area (Å²) in [6.07, 6.45) is 69.9. The van der Waals surface area contributed by atoms with Crippen molar-refractivity contribution in [2.24, 2.45) is 0 Å². The van der Waals surface area contributed by atoms with E-state index in [1.54, 1.807) is 0 Å². The van der Waals surface area contributed by atoms with Crippen LogP contribution in [0.2, 0.25) is 0 Å². The molecule has 0 aromatic carbocycles.